The summed E-state index contributed by atoms with van der Waals surface area (Å²) in [6.45, 7) is 0. The molecule has 1 aliphatic carbocycles. The molecular formula is C21H16O3. The quantitative estimate of drug-likeness (QED) is 0.700. The van der Waals surface area contributed by atoms with Crippen molar-refractivity contribution in [3.8, 4) is 22.6 Å². The number of allylic oxidation sites excluding steroid dienone is 1. The number of benzene rings is 3. The standard InChI is InChI=1S/C21H16O3/c1-23-18-12-16-17(22)11-9-14-8-10-15(13-6-4-3-5-7-13)20(19(14)16)21(18)24-2/h3-12H,1-2H3. The van der Waals surface area contributed by atoms with E-state index in [4.69, 9.17) is 9.47 Å². The highest BCUT2D eigenvalue weighted by Gasteiger charge is 2.23. The summed E-state index contributed by atoms with van der Waals surface area (Å²) in [5.74, 6) is 1.21. The van der Waals surface area contributed by atoms with Crippen LogP contribution in [0.15, 0.2) is 54.6 Å². The third kappa shape index (κ3) is 2.02. The second kappa shape index (κ2) is 5.53. The maximum absolute atomic E-state index is 12.4. The Morgan fingerprint density at radius 3 is 2.29 bits per heavy atom. The van der Waals surface area contributed by atoms with Gasteiger partial charge in [-0.25, -0.2) is 0 Å². The summed E-state index contributed by atoms with van der Waals surface area (Å²) in [5.41, 5.74) is 3.76. The van der Waals surface area contributed by atoms with Gasteiger partial charge in [-0.1, -0.05) is 48.5 Å². The average Bonchev–Trinajstić information content (AvgIpc) is 2.64. The SMILES string of the molecule is COc1cc2c3c(ccc(-c4ccccc4)c3c1OC)C=CC2=O. The molecule has 0 saturated carbocycles. The van der Waals surface area contributed by atoms with E-state index in [1.165, 1.54) is 0 Å². The fraction of sp³-hybridized carbons (Fsp3) is 0.0952. The monoisotopic (exact) mass is 316 g/mol. The van der Waals surface area contributed by atoms with E-state index in [-0.39, 0.29) is 5.78 Å². The molecule has 0 atom stereocenters. The van der Waals surface area contributed by atoms with Crippen molar-refractivity contribution in [3.63, 3.8) is 0 Å². The van der Waals surface area contributed by atoms with Gasteiger partial charge < -0.3 is 9.47 Å². The predicted molar refractivity (Wildman–Crippen MR) is 95.9 cm³/mol. The Hall–Kier alpha value is -3.07. The Bertz CT molecular complexity index is 985. The van der Waals surface area contributed by atoms with E-state index < -0.39 is 0 Å². The van der Waals surface area contributed by atoms with Gasteiger partial charge in [0.05, 0.1) is 14.2 Å². The van der Waals surface area contributed by atoms with Gasteiger partial charge in [-0.05, 0) is 28.8 Å². The number of hydrogen-bond donors (Lipinski definition) is 0. The molecule has 0 amide bonds. The molecule has 0 unspecified atom stereocenters. The first-order valence-electron chi connectivity index (χ1n) is 7.74. The molecule has 0 aliphatic heterocycles. The molecule has 24 heavy (non-hydrogen) atoms. The van der Waals surface area contributed by atoms with Crippen molar-refractivity contribution in [2.24, 2.45) is 0 Å². The minimum Gasteiger partial charge on any atom is -0.493 e. The van der Waals surface area contributed by atoms with Crippen LogP contribution in [0.5, 0.6) is 11.5 Å². The largest absolute Gasteiger partial charge is 0.493 e. The lowest BCUT2D eigenvalue weighted by Gasteiger charge is -2.20. The average molecular weight is 316 g/mol. The van der Waals surface area contributed by atoms with Gasteiger partial charge in [-0.3, -0.25) is 4.79 Å². The Balaban J connectivity index is 2.21. The highest BCUT2D eigenvalue weighted by Crippen LogP contribution is 2.45. The molecule has 118 valence electrons. The molecule has 1 aliphatic rings. The van der Waals surface area contributed by atoms with E-state index in [1.54, 1.807) is 26.4 Å². The summed E-state index contributed by atoms with van der Waals surface area (Å²) in [7, 11) is 3.22. The van der Waals surface area contributed by atoms with Gasteiger partial charge in [0.15, 0.2) is 17.3 Å². The van der Waals surface area contributed by atoms with Crippen LogP contribution in [0.4, 0.5) is 0 Å². The molecule has 0 radical (unpaired) electrons. The van der Waals surface area contributed by atoms with E-state index in [0.717, 1.165) is 27.5 Å². The Kier molecular flexibility index (Phi) is 3.35. The van der Waals surface area contributed by atoms with Crippen LogP contribution in [0.25, 0.3) is 28.0 Å². The third-order valence-corrected chi connectivity index (χ3v) is 4.42. The predicted octanol–water partition coefficient (Wildman–Crippen LogP) is 4.73. The minimum atomic E-state index is -0.0151. The molecular weight excluding hydrogens is 300 g/mol. The van der Waals surface area contributed by atoms with Crippen LogP contribution < -0.4 is 9.47 Å². The highest BCUT2D eigenvalue weighted by molar-refractivity contribution is 6.23. The van der Waals surface area contributed by atoms with Crippen LogP contribution in [0.3, 0.4) is 0 Å². The van der Waals surface area contributed by atoms with E-state index in [2.05, 4.69) is 18.2 Å². The van der Waals surface area contributed by atoms with Crippen molar-refractivity contribution in [1.29, 1.82) is 0 Å². The van der Waals surface area contributed by atoms with E-state index in [0.29, 0.717) is 17.1 Å². The summed E-state index contributed by atoms with van der Waals surface area (Å²) in [5, 5.41) is 1.83. The van der Waals surface area contributed by atoms with Gasteiger partial charge in [0, 0.05) is 16.3 Å². The lowest BCUT2D eigenvalue weighted by atomic mass is 9.87. The van der Waals surface area contributed by atoms with Crippen molar-refractivity contribution in [2.45, 2.75) is 0 Å². The van der Waals surface area contributed by atoms with Crippen molar-refractivity contribution in [1.82, 2.24) is 0 Å². The molecule has 3 aromatic rings. The molecule has 0 saturated heterocycles. The van der Waals surface area contributed by atoms with Crippen LogP contribution in [0.2, 0.25) is 0 Å². The first-order chi connectivity index (χ1) is 11.7. The fourth-order valence-electron chi connectivity index (χ4n) is 3.34. The lowest BCUT2D eigenvalue weighted by Crippen LogP contribution is -2.05. The number of carbonyl (C=O) groups excluding carboxylic acids is 1. The van der Waals surface area contributed by atoms with Gasteiger partial charge in [-0.2, -0.15) is 0 Å². The smallest absolute Gasteiger partial charge is 0.186 e. The number of hydrogen-bond acceptors (Lipinski definition) is 3. The molecule has 0 bridgehead atoms. The van der Waals surface area contributed by atoms with Crippen LogP contribution in [0.1, 0.15) is 15.9 Å². The zero-order valence-corrected chi connectivity index (χ0v) is 13.5. The van der Waals surface area contributed by atoms with Gasteiger partial charge >= 0.3 is 0 Å². The molecule has 3 nitrogen and oxygen atoms in total. The zero-order chi connectivity index (χ0) is 16.7. The number of rotatable bonds is 3. The highest BCUT2D eigenvalue weighted by atomic mass is 16.5. The fourth-order valence-corrected chi connectivity index (χ4v) is 3.34. The number of carbonyl (C=O) groups is 1. The lowest BCUT2D eigenvalue weighted by molar-refractivity contribution is 0.104. The van der Waals surface area contributed by atoms with Crippen molar-refractivity contribution < 1.29 is 14.3 Å². The summed E-state index contributed by atoms with van der Waals surface area (Å²) in [4.78, 5) is 12.4. The second-order valence-electron chi connectivity index (χ2n) is 5.68. The van der Waals surface area contributed by atoms with Gasteiger partial charge in [0.25, 0.3) is 0 Å². The molecule has 0 aromatic heterocycles. The molecule has 0 heterocycles. The Labute approximate surface area is 140 Å². The first kappa shape index (κ1) is 14.5. The Morgan fingerprint density at radius 1 is 0.792 bits per heavy atom. The summed E-state index contributed by atoms with van der Waals surface area (Å²) >= 11 is 0. The summed E-state index contributed by atoms with van der Waals surface area (Å²) < 4.78 is 11.2. The van der Waals surface area contributed by atoms with Crippen molar-refractivity contribution >= 4 is 22.6 Å². The number of methoxy groups -OCH3 is 2. The number of ketones is 1. The van der Waals surface area contributed by atoms with Gasteiger partial charge in [0.2, 0.25) is 0 Å². The summed E-state index contributed by atoms with van der Waals surface area (Å²) in [6.07, 6.45) is 3.46. The van der Waals surface area contributed by atoms with Gasteiger partial charge in [-0.15, -0.1) is 0 Å². The van der Waals surface area contributed by atoms with Crippen LogP contribution in [0, 0.1) is 0 Å². The molecule has 0 fully saturated rings. The summed E-state index contributed by atoms with van der Waals surface area (Å²) in [6, 6.07) is 16.0. The van der Waals surface area contributed by atoms with Crippen LogP contribution in [-0.2, 0) is 0 Å². The zero-order valence-electron chi connectivity index (χ0n) is 13.5. The normalized spacial score (nSPS) is 12.5. The minimum absolute atomic E-state index is 0.0151. The Morgan fingerprint density at radius 2 is 1.58 bits per heavy atom. The third-order valence-electron chi connectivity index (χ3n) is 4.42. The first-order valence-corrected chi connectivity index (χ1v) is 7.74. The van der Waals surface area contributed by atoms with Crippen molar-refractivity contribution in [3.05, 3.63) is 65.7 Å². The van der Waals surface area contributed by atoms with Crippen molar-refractivity contribution in [2.75, 3.05) is 14.2 Å². The van der Waals surface area contributed by atoms with E-state index in [1.807, 2.05) is 30.3 Å². The topological polar surface area (TPSA) is 35.5 Å². The van der Waals surface area contributed by atoms with E-state index >= 15 is 0 Å². The maximum atomic E-state index is 12.4. The molecule has 4 rings (SSSR count). The van der Waals surface area contributed by atoms with E-state index in [9.17, 15) is 4.79 Å². The maximum Gasteiger partial charge on any atom is 0.186 e. The van der Waals surface area contributed by atoms with Crippen LogP contribution in [-0.4, -0.2) is 20.0 Å². The molecule has 0 spiro atoms. The molecule has 3 heteroatoms. The number of ether oxygens (including phenoxy) is 2. The molecule has 3 aromatic carbocycles. The van der Waals surface area contributed by atoms with Gasteiger partial charge in [0.1, 0.15) is 0 Å². The molecule has 0 N–H and O–H groups in total. The second-order valence-corrected chi connectivity index (χ2v) is 5.68. The van der Waals surface area contributed by atoms with Crippen LogP contribution >= 0.6 is 0 Å².